The first-order valence-electron chi connectivity index (χ1n) is 16.1. The van der Waals surface area contributed by atoms with Crippen LogP contribution in [0.5, 0.6) is 5.75 Å². The highest BCUT2D eigenvalue weighted by Gasteiger charge is 2.48. The molecule has 2 bridgehead atoms. The van der Waals surface area contributed by atoms with Gasteiger partial charge in [-0.15, -0.1) is 0 Å². The number of aliphatic hydroxyl groups is 2. The number of anilines is 1. The van der Waals surface area contributed by atoms with E-state index in [1.165, 1.54) is 18.6 Å². The fraction of sp³-hybridized carbons (Fsp3) is 0.559. The fourth-order valence-corrected chi connectivity index (χ4v) is 9.36. The van der Waals surface area contributed by atoms with Gasteiger partial charge in [-0.2, -0.15) is 0 Å². The zero-order chi connectivity index (χ0) is 32.9. The molecule has 0 aromatic heterocycles. The Balaban J connectivity index is 1.49. The minimum Gasteiger partial charge on any atom is -0.490 e. The van der Waals surface area contributed by atoms with Gasteiger partial charge >= 0.3 is 0 Å². The Morgan fingerprint density at radius 3 is 2.67 bits per heavy atom. The van der Waals surface area contributed by atoms with Gasteiger partial charge in [0, 0.05) is 35.1 Å². The molecule has 0 saturated carbocycles. The summed E-state index contributed by atoms with van der Waals surface area (Å²) in [5.74, 6) is -1.43. The summed E-state index contributed by atoms with van der Waals surface area (Å²) < 4.78 is 51.6. The monoisotopic (exact) mass is 675 g/mol. The lowest BCUT2D eigenvalue weighted by atomic mass is 9.70. The second kappa shape index (κ2) is 12.7. The minimum absolute atomic E-state index is 0.0383. The van der Waals surface area contributed by atoms with E-state index in [2.05, 4.69) is 15.7 Å². The number of benzene rings is 2. The molecule has 3 N–H and O–H groups in total. The van der Waals surface area contributed by atoms with Crippen LogP contribution in [0, 0.1) is 5.92 Å². The highest BCUT2D eigenvalue weighted by Crippen LogP contribution is 2.45. The van der Waals surface area contributed by atoms with E-state index in [1.54, 1.807) is 25.1 Å². The average Bonchev–Trinajstić information content (AvgIpc) is 3.44. The number of sulfonamides is 1. The minimum atomic E-state index is -4.12. The summed E-state index contributed by atoms with van der Waals surface area (Å²) in [6.07, 6.45) is 5.48. The van der Waals surface area contributed by atoms with Gasteiger partial charge in [-0.1, -0.05) is 30.7 Å². The van der Waals surface area contributed by atoms with Crippen molar-refractivity contribution in [3.8, 4) is 5.75 Å². The van der Waals surface area contributed by atoms with Crippen molar-refractivity contribution >= 4 is 33.2 Å². The summed E-state index contributed by atoms with van der Waals surface area (Å²) >= 11 is 6.40. The Morgan fingerprint density at radius 1 is 1.13 bits per heavy atom. The van der Waals surface area contributed by atoms with Gasteiger partial charge in [0.25, 0.3) is 5.91 Å². The maximum Gasteiger partial charge on any atom is 0.264 e. The number of nitrogens with zero attached hydrogens (tertiary/aromatic N) is 2. The molecule has 2 aromatic rings. The number of fused-ring (bicyclic) bond motifs is 4. The summed E-state index contributed by atoms with van der Waals surface area (Å²) in [6.45, 7) is 3.68. The van der Waals surface area contributed by atoms with Crippen LogP contribution in [0.4, 0.5) is 10.1 Å². The number of halogens is 2. The second-order valence-electron chi connectivity index (χ2n) is 13.6. The van der Waals surface area contributed by atoms with Crippen LogP contribution in [0.3, 0.4) is 0 Å². The molecule has 1 aliphatic carbocycles. The normalized spacial score (nSPS) is 30.7. The van der Waals surface area contributed by atoms with Gasteiger partial charge in [0.15, 0.2) is 0 Å². The lowest BCUT2D eigenvalue weighted by molar-refractivity contribution is -0.00869. The molecule has 1 fully saturated rings. The van der Waals surface area contributed by atoms with E-state index in [0.717, 1.165) is 31.2 Å². The lowest BCUT2D eigenvalue weighted by Crippen LogP contribution is -2.59. The van der Waals surface area contributed by atoms with Gasteiger partial charge in [0.05, 0.1) is 30.8 Å². The first kappa shape index (κ1) is 33.2. The van der Waals surface area contributed by atoms with Crippen LogP contribution < -0.4 is 14.4 Å². The lowest BCUT2D eigenvalue weighted by Gasteiger charge is -2.45. The maximum atomic E-state index is 16.2. The van der Waals surface area contributed by atoms with E-state index in [0.29, 0.717) is 49.1 Å². The van der Waals surface area contributed by atoms with Crippen molar-refractivity contribution in [3.05, 3.63) is 70.0 Å². The predicted octanol–water partition coefficient (Wildman–Crippen LogP) is 4.34. The molecule has 0 unspecified atom stereocenters. The van der Waals surface area contributed by atoms with Crippen LogP contribution in [-0.4, -0.2) is 85.7 Å². The maximum absolute atomic E-state index is 16.2. The zero-order valence-corrected chi connectivity index (χ0v) is 27.9. The molecule has 3 aliphatic heterocycles. The smallest absolute Gasteiger partial charge is 0.264 e. The van der Waals surface area contributed by atoms with E-state index in [9.17, 15) is 23.4 Å². The van der Waals surface area contributed by atoms with Gasteiger partial charge in [-0.25, -0.2) is 17.5 Å². The van der Waals surface area contributed by atoms with Crippen LogP contribution in [-0.2, 0) is 21.9 Å². The number of carbonyl (C=O) groups is 1. The van der Waals surface area contributed by atoms with E-state index in [-0.39, 0.29) is 18.0 Å². The molecule has 4 atom stereocenters. The van der Waals surface area contributed by atoms with Gasteiger partial charge < -0.3 is 19.8 Å². The zero-order valence-electron chi connectivity index (χ0n) is 26.3. The number of nitrogens with one attached hydrogen (secondary N) is 1. The first-order valence-corrected chi connectivity index (χ1v) is 18.1. The van der Waals surface area contributed by atoms with Crippen molar-refractivity contribution in [2.75, 3.05) is 44.4 Å². The van der Waals surface area contributed by atoms with E-state index in [4.69, 9.17) is 16.3 Å². The number of aliphatic hydroxyl groups excluding tert-OH is 2. The molecule has 12 heteroatoms. The highest BCUT2D eigenvalue weighted by molar-refractivity contribution is 7.90. The molecule has 46 heavy (non-hydrogen) atoms. The van der Waals surface area contributed by atoms with Gasteiger partial charge in [0.1, 0.15) is 17.1 Å². The van der Waals surface area contributed by atoms with Crippen molar-refractivity contribution in [2.24, 2.45) is 5.92 Å². The standard InChI is InChI=1S/C34H43ClFN3O6S/c1-22-7-12-31(36)34(19-40,20-41)39-14-4-6-27(39)17-38-18-33(13-3-5-24-15-26(35)9-10-28(24)33)21-45-30-11-8-25(16-29(30)38)32(42)37-46(43,44)23(22)2/h8-12,15-16,22-23,27,40-41H,3-7,13-14,17-21H2,1-2H3,(H,37,42)/b31-12-/t22-,23+,27-,33-/m0/s1. The molecular formula is C34H43ClFN3O6S. The number of hydrogen-bond donors (Lipinski definition) is 3. The SMILES string of the molecule is C[C@@H]1[C@@H](C)C/C=C(\F)C(CO)(CO)N2CCC[C@H]2CN2C[C@@]3(CCCc4cc(Cl)ccc43)COc3ccc(cc32)C(=O)NS1(=O)=O. The second-order valence-corrected chi connectivity index (χ2v) is 16.0. The molecular weight excluding hydrogens is 633 g/mol. The van der Waals surface area contributed by atoms with Crippen LogP contribution in [0.15, 0.2) is 48.3 Å². The predicted molar refractivity (Wildman–Crippen MR) is 176 cm³/mol. The third-order valence-corrected chi connectivity index (χ3v) is 13.0. The van der Waals surface area contributed by atoms with Crippen molar-refractivity contribution in [1.29, 1.82) is 0 Å². The number of aryl methyl sites for hydroxylation is 1. The van der Waals surface area contributed by atoms with E-state index < -0.39 is 57.1 Å². The third-order valence-electron chi connectivity index (χ3n) is 10.8. The molecule has 2 aromatic carbocycles. The molecule has 1 spiro atoms. The van der Waals surface area contributed by atoms with E-state index in [1.807, 2.05) is 17.0 Å². The number of carbonyl (C=O) groups excluding carboxylic acids is 1. The van der Waals surface area contributed by atoms with E-state index >= 15 is 4.39 Å². The van der Waals surface area contributed by atoms with Crippen molar-refractivity contribution < 1.29 is 32.6 Å². The van der Waals surface area contributed by atoms with Crippen LogP contribution >= 0.6 is 11.6 Å². The molecule has 6 rings (SSSR count). The largest absolute Gasteiger partial charge is 0.490 e. The molecule has 0 radical (unpaired) electrons. The number of allylic oxidation sites excluding steroid dienone is 1. The number of hydrogen-bond acceptors (Lipinski definition) is 8. The Hall–Kier alpha value is -2.70. The molecule has 1 saturated heterocycles. The quantitative estimate of drug-likeness (QED) is 0.430. The van der Waals surface area contributed by atoms with Crippen molar-refractivity contribution in [3.63, 3.8) is 0 Å². The highest BCUT2D eigenvalue weighted by atomic mass is 35.5. The Kier molecular flexibility index (Phi) is 9.19. The molecule has 3 heterocycles. The number of amides is 1. The molecule has 250 valence electrons. The number of ether oxygens (including phenoxy) is 1. The van der Waals surface area contributed by atoms with Crippen LogP contribution in [0.25, 0.3) is 0 Å². The Morgan fingerprint density at radius 2 is 1.91 bits per heavy atom. The first-order chi connectivity index (χ1) is 21.9. The summed E-state index contributed by atoms with van der Waals surface area (Å²) in [6, 6.07) is 10.7. The summed E-state index contributed by atoms with van der Waals surface area (Å²) in [4.78, 5) is 17.5. The van der Waals surface area contributed by atoms with Crippen molar-refractivity contribution in [1.82, 2.24) is 9.62 Å². The summed E-state index contributed by atoms with van der Waals surface area (Å²) in [5.41, 5.74) is 1.09. The van der Waals surface area contributed by atoms with Crippen LogP contribution in [0.1, 0.15) is 67.4 Å². The molecule has 4 aliphatic rings. The van der Waals surface area contributed by atoms with Gasteiger partial charge in [-0.05, 0) is 99.4 Å². The Labute approximate surface area is 275 Å². The average molecular weight is 676 g/mol. The molecule has 9 nitrogen and oxygen atoms in total. The van der Waals surface area contributed by atoms with Crippen LogP contribution in [0.2, 0.25) is 5.02 Å². The third kappa shape index (κ3) is 5.83. The number of rotatable bonds is 2. The van der Waals surface area contributed by atoms with Gasteiger partial charge in [-0.3, -0.25) is 9.69 Å². The topological polar surface area (TPSA) is 119 Å². The van der Waals surface area contributed by atoms with Gasteiger partial charge in [0.2, 0.25) is 10.0 Å². The fourth-order valence-electron chi connectivity index (χ4n) is 7.88. The summed E-state index contributed by atoms with van der Waals surface area (Å²) in [5, 5.41) is 21.0. The molecule has 1 amide bonds. The van der Waals surface area contributed by atoms with Crippen molar-refractivity contribution in [2.45, 2.75) is 74.6 Å². The summed E-state index contributed by atoms with van der Waals surface area (Å²) in [7, 11) is -4.12. The Bertz CT molecular complexity index is 1630.